The minimum Gasteiger partial charge on any atom is -0.339 e. The Morgan fingerprint density at radius 3 is 2.63 bits per heavy atom. The molecule has 1 aromatic heterocycles. The second kappa shape index (κ2) is 8.37. The van der Waals surface area contributed by atoms with Crippen LogP contribution in [-0.4, -0.2) is 58.8 Å². The Morgan fingerprint density at radius 2 is 2.07 bits per heavy atom. The van der Waals surface area contributed by atoms with Crippen LogP contribution in [0.5, 0.6) is 0 Å². The largest absolute Gasteiger partial charge is 0.339 e. The van der Waals surface area contributed by atoms with E-state index < -0.39 is 4.92 Å². The number of hydrogen-bond acceptors (Lipinski definition) is 7. The van der Waals surface area contributed by atoms with E-state index in [9.17, 15) is 14.9 Å². The lowest BCUT2D eigenvalue weighted by molar-refractivity contribution is -0.387. The van der Waals surface area contributed by atoms with Gasteiger partial charge in [-0.3, -0.25) is 14.9 Å². The highest BCUT2D eigenvalue weighted by Crippen LogP contribution is 2.37. The molecule has 0 aliphatic carbocycles. The van der Waals surface area contributed by atoms with E-state index >= 15 is 0 Å². The molecule has 1 saturated heterocycles. The van der Waals surface area contributed by atoms with Gasteiger partial charge in [-0.25, -0.2) is 4.98 Å². The molecule has 1 aliphatic rings. The number of aryl methyl sites for hydroxylation is 1. The van der Waals surface area contributed by atoms with Gasteiger partial charge in [-0.2, -0.15) is 0 Å². The Kier molecular flexibility index (Phi) is 6.13. The molecule has 7 nitrogen and oxygen atoms in total. The number of carbonyl (C=O) groups is 1. The van der Waals surface area contributed by atoms with Gasteiger partial charge in [-0.05, 0) is 46.0 Å². The quantitative estimate of drug-likeness (QED) is 0.557. The number of hydrogen-bond donors (Lipinski definition) is 0. The molecule has 0 N–H and O–H groups in total. The van der Waals surface area contributed by atoms with Crippen molar-refractivity contribution in [1.29, 1.82) is 0 Å². The monoisotopic (exact) mass is 406 g/mol. The molecule has 144 valence electrons. The first-order chi connectivity index (χ1) is 12.8. The molecule has 2 aromatic rings. The van der Waals surface area contributed by atoms with Crippen molar-refractivity contribution in [2.45, 2.75) is 35.0 Å². The molecule has 0 unspecified atom stereocenters. The average Bonchev–Trinajstić information content (AvgIpc) is 3.06. The van der Waals surface area contributed by atoms with E-state index in [0.29, 0.717) is 29.6 Å². The summed E-state index contributed by atoms with van der Waals surface area (Å²) in [5, 5.41) is 13.4. The molecule has 1 aromatic carbocycles. The number of amides is 1. The number of likely N-dealkylation sites (tertiary alicyclic amines) is 1. The van der Waals surface area contributed by atoms with Crippen LogP contribution in [0, 0.1) is 17.0 Å². The molecule has 0 saturated carbocycles. The topological polar surface area (TPSA) is 79.6 Å². The van der Waals surface area contributed by atoms with Crippen LogP contribution in [-0.2, 0) is 0 Å². The van der Waals surface area contributed by atoms with Crippen molar-refractivity contribution >= 4 is 34.7 Å². The smallest absolute Gasteiger partial charge is 0.284 e. The van der Waals surface area contributed by atoms with Gasteiger partial charge in [0.15, 0.2) is 4.34 Å². The molecule has 0 atom stereocenters. The molecule has 9 heteroatoms. The lowest BCUT2D eigenvalue weighted by Gasteiger charge is -2.35. The third kappa shape index (κ3) is 4.66. The summed E-state index contributed by atoms with van der Waals surface area (Å²) in [4.78, 5) is 32.7. The van der Waals surface area contributed by atoms with Gasteiger partial charge in [0.05, 0.1) is 9.82 Å². The Balaban J connectivity index is 1.77. The van der Waals surface area contributed by atoms with Crippen LogP contribution in [0.4, 0.5) is 5.69 Å². The van der Waals surface area contributed by atoms with Crippen molar-refractivity contribution in [3.05, 3.63) is 45.0 Å². The zero-order valence-electron chi connectivity index (χ0n) is 15.5. The molecule has 0 spiro atoms. The predicted octanol–water partition coefficient (Wildman–Crippen LogP) is 3.68. The van der Waals surface area contributed by atoms with E-state index in [-0.39, 0.29) is 11.6 Å². The Labute approximate surface area is 166 Å². The number of benzene rings is 1. The van der Waals surface area contributed by atoms with Crippen molar-refractivity contribution in [3.8, 4) is 0 Å². The Bertz CT molecular complexity index is 845. The minimum absolute atomic E-state index is 0.0538. The molecule has 1 fully saturated rings. The van der Waals surface area contributed by atoms with Crippen molar-refractivity contribution in [2.75, 3.05) is 27.2 Å². The Hall–Kier alpha value is -1.97. The zero-order valence-corrected chi connectivity index (χ0v) is 17.2. The van der Waals surface area contributed by atoms with E-state index in [0.717, 1.165) is 22.9 Å². The molecule has 1 aliphatic heterocycles. The summed E-state index contributed by atoms with van der Waals surface area (Å²) in [6, 6.07) is 5.20. The highest BCUT2D eigenvalue weighted by atomic mass is 32.2. The number of aromatic nitrogens is 1. The molecular formula is C18H22N4O3S2. The van der Waals surface area contributed by atoms with Gasteiger partial charge >= 0.3 is 0 Å². The molecule has 1 amide bonds. The SMILES string of the molecule is Cc1csc(Sc2ccc(C(=O)N3CCC(N(C)C)CC3)cc2[N+](=O)[O-])n1. The van der Waals surface area contributed by atoms with Gasteiger partial charge in [-0.1, -0.05) is 11.8 Å². The van der Waals surface area contributed by atoms with Crippen LogP contribution in [0.25, 0.3) is 0 Å². The summed E-state index contributed by atoms with van der Waals surface area (Å²) < 4.78 is 0.750. The molecule has 0 radical (unpaired) electrons. The first kappa shape index (κ1) is 19.8. The first-order valence-electron chi connectivity index (χ1n) is 8.69. The van der Waals surface area contributed by atoms with Crippen molar-refractivity contribution < 1.29 is 9.72 Å². The molecule has 2 heterocycles. The Morgan fingerprint density at radius 1 is 1.37 bits per heavy atom. The highest BCUT2D eigenvalue weighted by molar-refractivity contribution is 8.01. The van der Waals surface area contributed by atoms with E-state index in [1.165, 1.54) is 29.2 Å². The van der Waals surface area contributed by atoms with E-state index in [2.05, 4.69) is 9.88 Å². The van der Waals surface area contributed by atoms with Crippen molar-refractivity contribution in [1.82, 2.24) is 14.8 Å². The van der Waals surface area contributed by atoms with Gasteiger partial charge < -0.3 is 9.80 Å². The molecular weight excluding hydrogens is 384 g/mol. The fourth-order valence-electron chi connectivity index (χ4n) is 3.12. The van der Waals surface area contributed by atoms with E-state index in [4.69, 9.17) is 0 Å². The second-order valence-corrected chi connectivity index (χ2v) is 8.93. The normalized spacial score (nSPS) is 15.3. The lowest BCUT2D eigenvalue weighted by Crippen LogP contribution is -2.44. The summed E-state index contributed by atoms with van der Waals surface area (Å²) in [5.74, 6) is -0.142. The van der Waals surface area contributed by atoms with Crippen molar-refractivity contribution in [3.63, 3.8) is 0 Å². The number of nitrogens with zero attached hydrogens (tertiary/aromatic N) is 4. The maximum atomic E-state index is 12.8. The van der Waals surface area contributed by atoms with Crippen LogP contribution < -0.4 is 0 Å². The summed E-state index contributed by atoms with van der Waals surface area (Å²) >= 11 is 2.71. The molecule has 27 heavy (non-hydrogen) atoms. The standard InChI is InChI=1S/C18H22N4O3S2/c1-12-11-26-18(19-12)27-16-5-4-13(10-15(16)22(24)25)17(23)21-8-6-14(7-9-21)20(2)3/h4-5,10-11,14H,6-9H2,1-3H3. The van der Waals surface area contributed by atoms with Gasteiger partial charge in [0.25, 0.3) is 11.6 Å². The maximum Gasteiger partial charge on any atom is 0.284 e. The second-order valence-electron chi connectivity index (χ2n) is 6.78. The van der Waals surface area contributed by atoms with Gasteiger partial charge in [0.1, 0.15) is 0 Å². The van der Waals surface area contributed by atoms with E-state index in [1.54, 1.807) is 17.0 Å². The van der Waals surface area contributed by atoms with Crippen LogP contribution in [0.15, 0.2) is 32.8 Å². The van der Waals surface area contributed by atoms with Crippen molar-refractivity contribution in [2.24, 2.45) is 0 Å². The van der Waals surface area contributed by atoms with Crippen LogP contribution in [0.2, 0.25) is 0 Å². The number of nitro groups is 1. The average molecular weight is 407 g/mol. The fraction of sp³-hybridized carbons (Fsp3) is 0.444. The van der Waals surface area contributed by atoms with Gasteiger partial charge in [-0.15, -0.1) is 11.3 Å². The summed E-state index contributed by atoms with van der Waals surface area (Å²) in [7, 11) is 4.09. The van der Waals surface area contributed by atoms with Crippen LogP contribution in [0.1, 0.15) is 28.9 Å². The summed E-state index contributed by atoms with van der Waals surface area (Å²) in [6.07, 6.45) is 1.83. The minimum atomic E-state index is -0.433. The maximum absolute atomic E-state index is 12.8. The summed E-state index contributed by atoms with van der Waals surface area (Å²) in [5.41, 5.74) is 1.20. The van der Waals surface area contributed by atoms with Crippen LogP contribution >= 0.6 is 23.1 Å². The number of rotatable bonds is 5. The number of thiazole rings is 1. The zero-order chi connectivity index (χ0) is 19.6. The van der Waals surface area contributed by atoms with E-state index in [1.807, 2.05) is 26.4 Å². The first-order valence-corrected chi connectivity index (χ1v) is 10.4. The lowest BCUT2D eigenvalue weighted by atomic mass is 10.0. The highest BCUT2D eigenvalue weighted by Gasteiger charge is 2.26. The molecule has 0 bridgehead atoms. The third-order valence-electron chi connectivity index (χ3n) is 4.68. The van der Waals surface area contributed by atoms with Crippen LogP contribution in [0.3, 0.4) is 0 Å². The summed E-state index contributed by atoms with van der Waals surface area (Å²) in [6.45, 7) is 3.23. The number of piperidine rings is 1. The van der Waals surface area contributed by atoms with Gasteiger partial charge in [0, 0.05) is 41.8 Å². The fourth-order valence-corrected chi connectivity index (χ4v) is 5.00. The number of nitro benzene ring substituents is 1. The number of carbonyl (C=O) groups excluding carboxylic acids is 1. The van der Waals surface area contributed by atoms with Gasteiger partial charge in [0.2, 0.25) is 0 Å². The third-order valence-corrected chi connectivity index (χ3v) is 6.80. The molecule has 3 rings (SSSR count). The predicted molar refractivity (Wildman–Crippen MR) is 107 cm³/mol.